The highest BCUT2D eigenvalue weighted by Crippen LogP contribution is 2.32. The van der Waals surface area contributed by atoms with Crippen molar-refractivity contribution in [2.24, 2.45) is 0 Å². The van der Waals surface area contributed by atoms with E-state index in [0.29, 0.717) is 32.8 Å². The molecule has 2 aromatic carbocycles. The summed E-state index contributed by atoms with van der Waals surface area (Å²) in [6.45, 7) is 3.57. The zero-order valence-electron chi connectivity index (χ0n) is 17.6. The van der Waals surface area contributed by atoms with Crippen LogP contribution in [0.3, 0.4) is 0 Å². The topological polar surface area (TPSA) is 70.7 Å². The molecule has 31 heavy (non-hydrogen) atoms. The van der Waals surface area contributed by atoms with Crippen molar-refractivity contribution in [3.8, 4) is 11.5 Å². The Hall–Kier alpha value is -3.32. The van der Waals surface area contributed by atoms with E-state index in [4.69, 9.17) is 9.47 Å². The molecule has 2 aliphatic rings. The number of fused-ring (bicyclic) bond motifs is 2. The summed E-state index contributed by atoms with van der Waals surface area (Å²) in [5, 5.41) is 0. The molecule has 1 N–H and O–H groups in total. The molecule has 0 bridgehead atoms. The Morgan fingerprint density at radius 1 is 1.19 bits per heavy atom. The molecule has 1 amide bonds. The van der Waals surface area contributed by atoms with Gasteiger partial charge in [0.05, 0.1) is 37.9 Å². The molecule has 0 saturated carbocycles. The number of para-hydroxylation sites is 1. The Labute approximate surface area is 181 Å². The van der Waals surface area contributed by atoms with Crippen molar-refractivity contribution in [1.82, 2.24) is 19.8 Å². The van der Waals surface area contributed by atoms with Gasteiger partial charge in [-0.1, -0.05) is 30.3 Å². The minimum Gasteiger partial charge on any atom is -0.497 e. The molecule has 1 atom stereocenters. The summed E-state index contributed by atoms with van der Waals surface area (Å²) in [5.74, 6) is 1.90. The summed E-state index contributed by atoms with van der Waals surface area (Å²) in [5.41, 5.74) is 4.28. The molecule has 160 valence electrons. The van der Waals surface area contributed by atoms with Crippen LogP contribution in [-0.2, 0) is 17.9 Å². The standard InChI is InChI=1S/C24H26N4O3/c1-30-19-8-6-17(7-9-19)20-13-28(14-21-24(20)26-16-25-21)23(29)15-27-10-11-31-22-5-3-2-4-18(22)12-27/h2-9,16,20H,10-15H2,1H3,(H,25,26). The predicted molar refractivity (Wildman–Crippen MR) is 116 cm³/mol. The first kappa shape index (κ1) is 19.6. The van der Waals surface area contributed by atoms with E-state index in [1.807, 2.05) is 35.2 Å². The van der Waals surface area contributed by atoms with Gasteiger partial charge in [-0.15, -0.1) is 0 Å². The average molecular weight is 418 g/mol. The van der Waals surface area contributed by atoms with E-state index in [9.17, 15) is 4.79 Å². The maximum atomic E-state index is 13.3. The fraction of sp³-hybridized carbons (Fsp3) is 0.333. The minimum absolute atomic E-state index is 0.0399. The Morgan fingerprint density at radius 3 is 2.87 bits per heavy atom. The van der Waals surface area contributed by atoms with Crippen molar-refractivity contribution in [2.45, 2.75) is 19.0 Å². The predicted octanol–water partition coefficient (Wildman–Crippen LogP) is 2.79. The van der Waals surface area contributed by atoms with Crippen molar-refractivity contribution in [3.05, 3.63) is 77.4 Å². The number of amides is 1. The van der Waals surface area contributed by atoms with Crippen LogP contribution in [0.25, 0.3) is 0 Å². The number of nitrogens with one attached hydrogen (secondary N) is 1. The van der Waals surface area contributed by atoms with Crippen molar-refractivity contribution < 1.29 is 14.3 Å². The van der Waals surface area contributed by atoms with Gasteiger partial charge in [0, 0.05) is 31.1 Å². The lowest BCUT2D eigenvalue weighted by molar-refractivity contribution is -0.133. The van der Waals surface area contributed by atoms with E-state index in [-0.39, 0.29) is 11.8 Å². The average Bonchev–Trinajstić information content (AvgIpc) is 3.19. The summed E-state index contributed by atoms with van der Waals surface area (Å²) in [7, 11) is 1.66. The number of ether oxygens (including phenoxy) is 2. The van der Waals surface area contributed by atoms with Crippen LogP contribution in [0.4, 0.5) is 0 Å². The van der Waals surface area contributed by atoms with Gasteiger partial charge in [0.15, 0.2) is 0 Å². The van der Waals surface area contributed by atoms with Crippen LogP contribution >= 0.6 is 0 Å². The van der Waals surface area contributed by atoms with Gasteiger partial charge < -0.3 is 19.4 Å². The second kappa shape index (κ2) is 8.43. The number of carbonyl (C=O) groups is 1. The van der Waals surface area contributed by atoms with Crippen molar-refractivity contribution in [2.75, 3.05) is 33.4 Å². The Bertz CT molecular complexity index is 1060. The number of imidazole rings is 1. The van der Waals surface area contributed by atoms with Crippen LogP contribution in [0.2, 0.25) is 0 Å². The number of carbonyl (C=O) groups excluding carboxylic acids is 1. The van der Waals surface area contributed by atoms with E-state index in [1.165, 1.54) is 0 Å². The number of hydrogen-bond acceptors (Lipinski definition) is 5. The molecule has 0 spiro atoms. The molecular formula is C24H26N4O3. The molecule has 0 saturated heterocycles. The maximum absolute atomic E-state index is 13.3. The maximum Gasteiger partial charge on any atom is 0.237 e. The third kappa shape index (κ3) is 4.01. The van der Waals surface area contributed by atoms with E-state index in [2.05, 4.69) is 33.1 Å². The summed E-state index contributed by atoms with van der Waals surface area (Å²) in [6, 6.07) is 16.1. The normalized spacial score (nSPS) is 18.5. The second-order valence-corrected chi connectivity index (χ2v) is 8.03. The zero-order chi connectivity index (χ0) is 21.2. The first-order valence-electron chi connectivity index (χ1n) is 10.6. The molecule has 2 aliphatic heterocycles. The summed E-state index contributed by atoms with van der Waals surface area (Å²) >= 11 is 0. The summed E-state index contributed by atoms with van der Waals surface area (Å²) in [4.78, 5) is 25.2. The van der Waals surface area contributed by atoms with Crippen LogP contribution in [-0.4, -0.2) is 59.0 Å². The van der Waals surface area contributed by atoms with Gasteiger partial charge in [-0.05, 0) is 23.8 Å². The largest absolute Gasteiger partial charge is 0.497 e. The molecule has 5 rings (SSSR count). The number of rotatable bonds is 4. The molecule has 1 aromatic heterocycles. The van der Waals surface area contributed by atoms with E-state index >= 15 is 0 Å². The van der Waals surface area contributed by atoms with Crippen molar-refractivity contribution in [3.63, 3.8) is 0 Å². The number of H-pyrrole nitrogens is 1. The second-order valence-electron chi connectivity index (χ2n) is 8.03. The van der Waals surface area contributed by atoms with Gasteiger partial charge in [-0.25, -0.2) is 4.98 Å². The third-order valence-electron chi connectivity index (χ3n) is 6.09. The Kier molecular flexibility index (Phi) is 5.34. The quantitative estimate of drug-likeness (QED) is 0.706. The molecule has 0 aliphatic carbocycles. The lowest BCUT2D eigenvalue weighted by Gasteiger charge is -2.33. The lowest BCUT2D eigenvalue weighted by Crippen LogP contribution is -2.44. The molecule has 7 nitrogen and oxygen atoms in total. The lowest BCUT2D eigenvalue weighted by atomic mass is 9.91. The van der Waals surface area contributed by atoms with Gasteiger partial charge >= 0.3 is 0 Å². The molecule has 1 unspecified atom stereocenters. The number of nitrogens with zero attached hydrogens (tertiary/aromatic N) is 3. The number of methoxy groups -OCH3 is 1. The first-order chi connectivity index (χ1) is 15.2. The SMILES string of the molecule is COc1ccc(C2CN(C(=O)CN3CCOc4ccccc4C3)Cc3[nH]cnc32)cc1. The van der Waals surface area contributed by atoms with Gasteiger partial charge in [0.25, 0.3) is 0 Å². The number of hydrogen-bond donors (Lipinski definition) is 1. The molecule has 3 heterocycles. The van der Waals surface area contributed by atoms with E-state index in [0.717, 1.165) is 40.6 Å². The van der Waals surface area contributed by atoms with Crippen LogP contribution < -0.4 is 9.47 Å². The fourth-order valence-electron chi connectivity index (χ4n) is 4.42. The van der Waals surface area contributed by atoms with Crippen molar-refractivity contribution in [1.29, 1.82) is 0 Å². The van der Waals surface area contributed by atoms with Gasteiger partial charge in [0.2, 0.25) is 5.91 Å². The van der Waals surface area contributed by atoms with Gasteiger partial charge in [0.1, 0.15) is 18.1 Å². The zero-order valence-corrected chi connectivity index (χ0v) is 17.6. The molecule has 3 aromatic rings. The number of aromatic nitrogens is 2. The highest BCUT2D eigenvalue weighted by atomic mass is 16.5. The summed E-state index contributed by atoms with van der Waals surface area (Å²) in [6.07, 6.45) is 1.72. The van der Waals surface area contributed by atoms with E-state index in [1.54, 1.807) is 13.4 Å². The number of aromatic amines is 1. The van der Waals surface area contributed by atoms with E-state index < -0.39 is 0 Å². The molecular weight excluding hydrogens is 392 g/mol. The highest BCUT2D eigenvalue weighted by molar-refractivity contribution is 5.78. The van der Waals surface area contributed by atoms with Crippen LogP contribution in [0, 0.1) is 0 Å². The Morgan fingerprint density at radius 2 is 2.03 bits per heavy atom. The Balaban J connectivity index is 1.32. The molecule has 7 heteroatoms. The van der Waals surface area contributed by atoms with Gasteiger partial charge in [-0.2, -0.15) is 0 Å². The molecule has 0 fully saturated rings. The monoisotopic (exact) mass is 418 g/mol. The molecule has 0 radical (unpaired) electrons. The van der Waals surface area contributed by atoms with Crippen LogP contribution in [0.5, 0.6) is 11.5 Å². The van der Waals surface area contributed by atoms with Crippen molar-refractivity contribution >= 4 is 5.91 Å². The highest BCUT2D eigenvalue weighted by Gasteiger charge is 2.32. The smallest absolute Gasteiger partial charge is 0.237 e. The van der Waals surface area contributed by atoms with Crippen LogP contribution in [0.15, 0.2) is 54.9 Å². The third-order valence-corrected chi connectivity index (χ3v) is 6.09. The van der Waals surface area contributed by atoms with Gasteiger partial charge in [-0.3, -0.25) is 9.69 Å². The minimum atomic E-state index is 0.0399. The number of benzene rings is 2. The fourth-order valence-corrected chi connectivity index (χ4v) is 4.42. The van der Waals surface area contributed by atoms with Crippen LogP contribution in [0.1, 0.15) is 28.4 Å². The summed E-state index contributed by atoms with van der Waals surface area (Å²) < 4.78 is 11.1. The first-order valence-corrected chi connectivity index (χ1v) is 10.6.